The highest BCUT2D eigenvalue weighted by molar-refractivity contribution is 6.95. The molecule has 0 fully saturated rings. The summed E-state index contributed by atoms with van der Waals surface area (Å²) in [5.41, 5.74) is 0. The molecule has 0 aliphatic heterocycles. The fourth-order valence-electron chi connectivity index (χ4n) is 1.69. The van der Waals surface area contributed by atoms with Crippen molar-refractivity contribution in [3.8, 4) is 0 Å². The first-order valence-electron chi connectivity index (χ1n) is 6.77. The van der Waals surface area contributed by atoms with Crippen molar-refractivity contribution in [2.45, 2.75) is 70.7 Å². The lowest BCUT2D eigenvalue weighted by Crippen LogP contribution is -2.55. The van der Waals surface area contributed by atoms with Crippen LogP contribution in [0, 0.1) is 0 Å². The molecule has 0 aliphatic carbocycles. The minimum atomic E-state index is -2.46. The predicted molar refractivity (Wildman–Crippen MR) is 132 cm³/mol. The van der Waals surface area contributed by atoms with E-state index in [1.807, 2.05) is 86.9 Å². The third kappa shape index (κ3) is 15.1. The zero-order valence-electron chi connectivity index (χ0n) is 12.7. The molecule has 0 saturated carbocycles. The minimum Gasteiger partial charge on any atom is -0.433 e. The number of rotatable bonds is 2. The van der Waals surface area contributed by atoms with Crippen LogP contribution < -0.4 is 10.4 Å². The van der Waals surface area contributed by atoms with Crippen LogP contribution in [-0.2, 0) is 0 Å². The predicted octanol–water partition coefficient (Wildman–Crippen LogP) is 6.00. The fourth-order valence-corrected chi connectivity index (χ4v) is 3.71. The van der Waals surface area contributed by atoms with Gasteiger partial charge < -0.3 is 9.59 Å². The zero-order chi connectivity index (χ0) is 15.2. The molecule has 2 N–H and O–H groups in total. The van der Waals surface area contributed by atoms with E-state index in [0.29, 0.717) is 0 Å². The smallest absolute Gasteiger partial charge is 0.249 e. The number of hydrogen-bond donors (Lipinski definition) is 2. The van der Waals surface area contributed by atoms with E-state index in [1.54, 1.807) is 0 Å². The Balaban J connectivity index is -0.0000000823. The summed E-state index contributed by atoms with van der Waals surface area (Å²) >= 11 is 0. The van der Waals surface area contributed by atoms with Gasteiger partial charge in [-0.3, -0.25) is 0 Å². The standard InChI is InChI=1S/C13H14OSi.C3H10OSi.6CH4/c1-15(14,12-8-4-2-5-9-12)13-10-6-3-7-11-13;1-5(2,3)4;;;;;;/h2-11,14H,1H3;4H,1-3H3;6*1H4. The molecule has 0 unspecified atom stereocenters. The molecule has 0 aromatic heterocycles. The Morgan fingerprint density at radius 3 is 0.885 bits per heavy atom. The maximum Gasteiger partial charge on any atom is 0.249 e. The lowest BCUT2D eigenvalue weighted by atomic mass is 10.4. The van der Waals surface area contributed by atoms with E-state index in [0.717, 1.165) is 10.4 Å². The molecule has 2 nitrogen and oxygen atoms in total. The van der Waals surface area contributed by atoms with Crippen LogP contribution in [0.4, 0.5) is 0 Å². The Bertz CT molecular complexity index is 459. The SMILES string of the molecule is C.C.C.C.C.C.C[Si](C)(C)O.C[Si](O)(c1ccccc1)c1ccccc1. The topological polar surface area (TPSA) is 40.5 Å². The Morgan fingerprint density at radius 1 is 0.500 bits per heavy atom. The normalized spacial score (nSPS) is 8.85. The van der Waals surface area contributed by atoms with Gasteiger partial charge in [-0.15, -0.1) is 0 Å². The second-order valence-electron chi connectivity index (χ2n) is 5.98. The summed E-state index contributed by atoms with van der Waals surface area (Å²) in [6, 6.07) is 19.8. The highest BCUT2D eigenvalue weighted by Gasteiger charge is 2.28. The zero-order valence-corrected chi connectivity index (χ0v) is 14.7. The van der Waals surface area contributed by atoms with Gasteiger partial charge in [-0.05, 0) is 36.6 Å². The van der Waals surface area contributed by atoms with Crippen LogP contribution in [0.1, 0.15) is 44.6 Å². The van der Waals surface area contributed by atoms with Crippen molar-refractivity contribution in [2.75, 3.05) is 0 Å². The quantitative estimate of drug-likeness (QED) is 0.607. The van der Waals surface area contributed by atoms with E-state index < -0.39 is 16.6 Å². The third-order valence-electron chi connectivity index (χ3n) is 2.67. The molecule has 0 saturated heterocycles. The van der Waals surface area contributed by atoms with Gasteiger partial charge in [-0.1, -0.05) is 105 Å². The van der Waals surface area contributed by atoms with Crippen molar-refractivity contribution in [1.29, 1.82) is 0 Å². The molecule has 26 heavy (non-hydrogen) atoms. The molecule has 156 valence electrons. The molecule has 2 aromatic carbocycles. The molecule has 2 aromatic rings. The summed E-state index contributed by atoms with van der Waals surface area (Å²) < 4.78 is 0. The molecule has 2 rings (SSSR count). The van der Waals surface area contributed by atoms with E-state index >= 15 is 0 Å². The Kier molecular flexibility index (Phi) is 26.3. The summed E-state index contributed by atoms with van der Waals surface area (Å²) in [6.07, 6.45) is 0. The van der Waals surface area contributed by atoms with Crippen LogP contribution in [-0.4, -0.2) is 26.2 Å². The van der Waals surface area contributed by atoms with Gasteiger partial charge in [0, 0.05) is 0 Å². The van der Waals surface area contributed by atoms with Gasteiger partial charge in [0.05, 0.1) is 0 Å². The average molecular weight is 401 g/mol. The van der Waals surface area contributed by atoms with Crippen molar-refractivity contribution in [3.05, 3.63) is 60.7 Å². The number of benzene rings is 2. The second-order valence-corrected chi connectivity index (χ2v) is 13.6. The summed E-state index contributed by atoms with van der Waals surface area (Å²) in [7, 11) is -4.07. The first-order chi connectivity index (χ1) is 9.21. The van der Waals surface area contributed by atoms with Crippen LogP contribution >= 0.6 is 0 Å². The van der Waals surface area contributed by atoms with Gasteiger partial charge in [-0.2, -0.15) is 0 Å². The Morgan fingerprint density at radius 2 is 0.692 bits per heavy atom. The minimum absolute atomic E-state index is 0. The van der Waals surface area contributed by atoms with Crippen LogP contribution in [0.5, 0.6) is 0 Å². The van der Waals surface area contributed by atoms with Gasteiger partial charge in [-0.25, -0.2) is 0 Å². The fraction of sp³-hybridized carbons (Fsp3) is 0.455. The molecule has 0 atom stereocenters. The summed E-state index contributed by atoms with van der Waals surface area (Å²) in [4.78, 5) is 19.3. The molecule has 0 radical (unpaired) electrons. The molecular weight excluding hydrogens is 352 g/mol. The van der Waals surface area contributed by atoms with Crippen LogP contribution in [0.15, 0.2) is 60.7 Å². The van der Waals surface area contributed by atoms with Crippen molar-refractivity contribution in [2.24, 2.45) is 0 Å². The first-order valence-corrected chi connectivity index (χ1v) is 12.7. The average Bonchev–Trinajstić information content (AvgIpc) is 2.39. The number of hydrogen-bond acceptors (Lipinski definition) is 2. The lowest BCUT2D eigenvalue weighted by Gasteiger charge is -2.20. The summed E-state index contributed by atoms with van der Waals surface area (Å²) in [5, 5.41) is 2.10. The largest absolute Gasteiger partial charge is 0.433 e. The van der Waals surface area contributed by atoms with Crippen LogP contribution in [0.2, 0.25) is 26.2 Å². The maximum atomic E-state index is 10.6. The highest BCUT2D eigenvalue weighted by atomic mass is 28.4. The van der Waals surface area contributed by atoms with Gasteiger partial charge in [0.1, 0.15) is 0 Å². The molecule has 0 amide bonds. The third-order valence-corrected chi connectivity index (χ3v) is 5.59. The van der Waals surface area contributed by atoms with Crippen molar-refractivity contribution in [1.82, 2.24) is 0 Å². The monoisotopic (exact) mass is 400 g/mol. The summed E-state index contributed by atoms with van der Waals surface area (Å²) in [6.45, 7) is 7.60. The second kappa shape index (κ2) is 17.2. The van der Waals surface area contributed by atoms with Crippen molar-refractivity contribution >= 4 is 27.0 Å². The van der Waals surface area contributed by atoms with Gasteiger partial charge >= 0.3 is 0 Å². The maximum absolute atomic E-state index is 10.6. The van der Waals surface area contributed by atoms with Crippen LogP contribution in [0.3, 0.4) is 0 Å². The molecule has 0 heterocycles. The van der Waals surface area contributed by atoms with E-state index in [1.165, 1.54) is 0 Å². The summed E-state index contributed by atoms with van der Waals surface area (Å²) in [5.74, 6) is 0. The molecule has 4 heteroatoms. The van der Waals surface area contributed by atoms with Gasteiger partial charge in [0.15, 0.2) is 8.32 Å². The molecule has 0 aliphatic rings. The van der Waals surface area contributed by atoms with E-state index in [9.17, 15) is 4.80 Å². The first kappa shape index (κ1) is 39.7. The van der Waals surface area contributed by atoms with E-state index in [4.69, 9.17) is 4.80 Å². The van der Waals surface area contributed by atoms with Crippen LogP contribution in [0.25, 0.3) is 0 Å². The van der Waals surface area contributed by atoms with Gasteiger partial charge in [0.25, 0.3) is 0 Å². The van der Waals surface area contributed by atoms with E-state index in [-0.39, 0.29) is 44.6 Å². The Hall–Kier alpha value is -1.21. The van der Waals surface area contributed by atoms with Crippen molar-refractivity contribution in [3.63, 3.8) is 0 Å². The van der Waals surface area contributed by atoms with Gasteiger partial charge in [0.2, 0.25) is 8.32 Å². The molecule has 0 bridgehead atoms. The molecular formula is C22H48O2Si2. The molecule has 0 spiro atoms. The lowest BCUT2D eigenvalue weighted by molar-refractivity contribution is 0.560. The van der Waals surface area contributed by atoms with E-state index in [2.05, 4.69) is 0 Å². The van der Waals surface area contributed by atoms with Crippen molar-refractivity contribution < 1.29 is 9.59 Å². The highest BCUT2D eigenvalue weighted by Crippen LogP contribution is 2.00. The Labute approximate surface area is 168 Å².